The average molecular weight is 356 g/mol. The molecule has 0 saturated carbocycles. The number of carbonyl (C=O) groups excluding carboxylic acids is 1. The summed E-state index contributed by atoms with van der Waals surface area (Å²) in [5.41, 5.74) is 0. The Hall–Kier alpha value is -1.45. The lowest BCUT2D eigenvalue weighted by Gasteiger charge is -2.28. The van der Waals surface area contributed by atoms with Crippen LogP contribution in [0.3, 0.4) is 0 Å². The summed E-state index contributed by atoms with van der Waals surface area (Å²) in [5, 5.41) is 0.0202. The zero-order valence-electron chi connectivity index (χ0n) is 13.9. The van der Waals surface area contributed by atoms with Gasteiger partial charge in [0.25, 0.3) is 10.0 Å². The number of amides is 1. The van der Waals surface area contributed by atoms with Gasteiger partial charge < -0.3 is 14.2 Å². The number of morpholine rings is 1. The van der Waals surface area contributed by atoms with Crippen molar-refractivity contribution in [2.75, 3.05) is 39.4 Å². The van der Waals surface area contributed by atoms with Gasteiger partial charge in [0.05, 0.1) is 19.5 Å². The summed E-state index contributed by atoms with van der Waals surface area (Å²) in [6, 6.07) is 0. The molecular formula is C15H24N4O4S. The zero-order chi connectivity index (χ0) is 17.2. The molecule has 8 nitrogen and oxygen atoms in total. The van der Waals surface area contributed by atoms with Gasteiger partial charge in [0.15, 0.2) is 5.03 Å². The fourth-order valence-electron chi connectivity index (χ4n) is 2.99. The van der Waals surface area contributed by atoms with Crippen LogP contribution in [0.25, 0.3) is 0 Å². The molecule has 2 fully saturated rings. The number of hydrogen-bond donors (Lipinski definition) is 0. The molecule has 9 heteroatoms. The minimum absolute atomic E-state index is 0.0202. The van der Waals surface area contributed by atoms with E-state index < -0.39 is 10.0 Å². The normalized spacial score (nSPS) is 21.1. The smallest absolute Gasteiger partial charge is 0.262 e. The van der Waals surface area contributed by atoms with Crippen LogP contribution in [0, 0.1) is 5.92 Å². The van der Waals surface area contributed by atoms with E-state index in [0.29, 0.717) is 45.3 Å². The Morgan fingerprint density at radius 2 is 1.92 bits per heavy atom. The number of ether oxygens (including phenoxy) is 1. The van der Waals surface area contributed by atoms with Crippen molar-refractivity contribution in [3.8, 4) is 0 Å². The van der Waals surface area contributed by atoms with Gasteiger partial charge in [-0.2, -0.15) is 4.31 Å². The van der Waals surface area contributed by atoms with E-state index in [2.05, 4.69) is 11.9 Å². The maximum Gasteiger partial charge on any atom is 0.262 e. The Labute approximate surface area is 142 Å². The summed E-state index contributed by atoms with van der Waals surface area (Å²) in [6.07, 6.45) is 4.61. The Morgan fingerprint density at radius 3 is 2.58 bits per heavy atom. The molecule has 24 heavy (non-hydrogen) atoms. The van der Waals surface area contributed by atoms with Crippen LogP contribution in [0.5, 0.6) is 0 Å². The van der Waals surface area contributed by atoms with Crippen molar-refractivity contribution in [2.24, 2.45) is 5.92 Å². The van der Waals surface area contributed by atoms with Crippen molar-refractivity contribution in [3.05, 3.63) is 12.5 Å². The van der Waals surface area contributed by atoms with Crippen molar-refractivity contribution >= 4 is 15.9 Å². The number of imidazole rings is 1. The van der Waals surface area contributed by atoms with Crippen LogP contribution < -0.4 is 0 Å². The second kappa shape index (κ2) is 7.20. The van der Waals surface area contributed by atoms with E-state index in [1.54, 1.807) is 4.90 Å². The third-order valence-corrected chi connectivity index (χ3v) is 6.42. The molecule has 0 aliphatic carbocycles. The van der Waals surface area contributed by atoms with Gasteiger partial charge in [0.1, 0.15) is 6.54 Å². The summed E-state index contributed by atoms with van der Waals surface area (Å²) in [4.78, 5) is 18.0. The average Bonchev–Trinajstić information content (AvgIpc) is 3.05. The molecule has 1 aromatic heterocycles. The Kier molecular flexibility index (Phi) is 5.21. The van der Waals surface area contributed by atoms with Gasteiger partial charge in [0, 0.05) is 32.4 Å². The largest absolute Gasteiger partial charge is 0.378 e. The van der Waals surface area contributed by atoms with Gasteiger partial charge in [-0.15, -0.1) is 0 Å². The highest BCUT2D eigenvalue weighted by Gasteiger charge is 2.30. The molecule has 3 heterocycles. The zero-order valence-corrected chi connectivity index (χ0v) is 14.7. The van der Waals surface area contributed by atoms with Crippen molar-refractivity contribution in [2.45, 2.75) is 31.3 Å². The first-order valence-electron chi connectivity index (χ1n) is 8.34. The number of rotatable bonds is 4. The first-order chi connectivity index (χ1) is 11.5. The predicted octanol–water partition coefficient (Wildman–Crippen LogP) is 0.163. The Bertz CT molecular complexity index is 673. The molecule has 2 aliphatic rings. The van der Waals surface area contributed by atoms with E-state index in [9.17, 15) is 13.2 Å². The van der Waals surface area contributed by atoms with E-state index in [1.807, 2.05) is 0 Å². The van der Waals surface area contributed by atoms with E-state index in [0.717, 1.165) is 12.8 Å². The second-order valence-electron chi connectivity index (χ2n) is 6.46. The molecule has 1 amide bonds. The van der Waals surface area contributed by atoms with Gasteiger partial charge in [-0.1, -0.05) is 6.92 Å². The lowest BCUT2D eigenvalue weighted by molar-refractivity contribution is -0.135. The van der Waals surface area contributed by atoms with Gasteiger partial charge in [0.2, 0.25) is 5.91 Å². The molecule has 0 atom stereocenters. The van der Waals surface area contributed by atoms with Crippen molar-refractivity contribution in [1.82, 2.24) is 18.8 Å². The molecule has 0 aromatic carbocycles. The minimum atomic E-state index is -3.57. The second-order valence-corrected chi connectivity index (χ2v) is 8.35. The Balaban J connectivity index is 1.65. The minimum Gasteiger partial charge on any atom is -0.378 e. The number of piperidine rings is 1. The van der Waals surface area contributed by atoms with Crippen LogP contribution in [-0.2, 0) is 26.1 Å². The van der Waals surface area contributed by atoms with Crippen LogP contribution in [0.4, 0.5) is 0 Å². The monoisotopic (exact) mass is 356 g/mol. The summed E-state index contributed by atoms with van der Waals surface area (Å²) < 4.78 is 33.5. The first-order valence-corrected chi connectivity index (χ1v) is 9.78. The van der Waals surface area contributed by atoms with E-state index in [1.165, 1.54) is 21.4 Å². The third-order valence-electron chi connectivity index (χ3n) is 4.64. The molecule has 0 spiro atoms. The maximum atomic E-state index is 12.6. The van der Waals surface area contributed by atoms with Crippen molar-refractivity contribution in [3.63, 3.8) is 0 Å². The highest BCUT2D eigenvalue weighted by Crippen LogP contribution is 2.22. The van der Waals surface area contributed by atoms with E-state index >= 15 is 0 Å². The Morgan fingerprint density at radius 1 is 1.25 bits per heavy atom. The first kappa shape index (κ1) is 17.4. The molecule has 1 aromatic rings. The number of hydrogen-bond acceptors (Lipinski definition) is 5. The molecule has 0 N–H and O–H groups in total. The highest BCUT2D eigenvalue weighted by atomic mass is 32.2. The summed E-state index contributed by atoms with van der Waals surface area (Å²) in [5.74, 6) is 0.506. The van der Waals surface area contributed by atoms with Gasteiger partial charge >= 0.3 is 0 Å². The van der Waals surface area contributed by atoms with Crippen molar-refractivity contribution in [1.29, 1.82) is 0 Å². The molecule has 2 aliphatic heterocycles. The molecule has 0 radical (unpaired) electrons. The van der Waals surface area contributed by atoms with Crippen LogP contribution in [0.1, 0.15) is 19.8 Å². The van der Waals surface area contributed by atoms with Crippen LogP contribution in [-0.4, -0.2) is 72.5 Å². The molecule has 2 saturated heterocycles. The highest BCUT2D eigenvalue weighted by molar-refractivity contribution is 7.89. The van der Waals surface area contributed by atoms with Gasteiger partial charge in [-0.05, 0) is 18.8 Å². The number of sulfonamides is 1. The van der Waals surface area contributed by atoms with Crippen LogP contribution >= 0.6 is 0 Å². The fourth-order valence-corrected chi connectivity index (χ4v) is 4.39. The lowest BCUT2D eigenvalue weighted by Crippen LogP contribution is -2.42. The summed E-state index contributed by atoms with van der Waals surface area (Å²) >= 11 is 0. The quantitative estimate of drug-likeness (QED) is 0.767. The van der Waals surface area contributed by atoms with E-state index in [-0.39, 0.29) is 17.5 Å². The fraction of sp³-hybridized carbons (Fsp3) is 0.733. The SMILES string of the molecule is CC1CCN(S(=O)(=O)c2cn(CC(=O)N3CCOCC3)cn2)CC1. The lowest BCUT2D eigenvalue weighted by atomic mass is 10.0. The number of carbonyl (C=O) groups is 1. The number of aromatic nitrogens is 2. The molecule has 0 unspecified atom stereocenters. The molecule has 0 bridgehead atoms. The van der Waals surface area contributed by atoms with Gasteiger partial charge in [-0.25, -0.2) is 13.4 Å². The molecule has 134 valence electrons. The van der Waals surface area contributed by atoms with Gasteiger partial charge in [-0.3, -0.25) is 4.79 Å². The van der Waals surface area contributed by atoms with Crippen molar-refractivity contribution < 1.29 is 17.9 Å². The summed E-state index contributed by atoms with van der Waals surface area (Å²) in [6.45, 7) is 5.53. The molecule has 3 rings (SSSR count). The molecular weight excluding hydrogens is 332 g/mol. The van der Waals surface area contributed by atoms with E-state index in [4.69, 9.17) is 4.74 Å². The predicted molar refractivity (Wildman–Crippen MR) is 86.8 cm³/mol. The topological polar surface area (TPSA) is 84.7 Å². The van der Waals surface area contributed by atoms with Crippen LogP contribution in [0.15, 0.2) is 17.6 Å². The summed E-state index contributed by atoms with van der Waals surface area (Å²) in [7, 11) is -3.57. The standard InChI is InChI=1S/C15H24N4O4S/c1-13-2-4-19(5-3-13)24(21,22)14-10-17(12-16-14)11-15(20)18-6-8-23-9-7-18/h10,12-13H,2-9,11H2,1H3. The number of nitrogens with zero attached hydrogens (tertiary/aromatic N) is 4. The van der Waals surface area contributed by atoms with Crippen LogP contribution in [0.2, 0.25) is 0 Å². The maximum absolute atomic E-state index is 12.6. The third kappa shape index (κ3) is 3.79.